The van der Waals surface area contributed by atoms with Crippen molar-refractivity contribution in [3.05, 3.63) is 0 Å². The van der Waals surface area contributed by atoms with Gasteiger partial charge in [-0.1, -0.05) is 6.92 Å². The van der Waals surface area contributed by atoms with E-state index in [0.29, 0.717) is 12.3 Å². The third-order valence-corrected chi connectivity index (χ3v) is 3.53. The lowest BCUT2D eigenvalue weighted by atomic mass is 9.97. The highest BCUT2D eigenvalue weighted by molar-refractivity contribution is 5.75. The van der Waals surface area contributed by atoms with Gasteiger partial charge in [-0.2, -0.15) is 0 Å². The molecule has 1 heterocycles. The first-order valence-corrected chi connectivity index (χ1v) is 7.29. The number of likely N-dealkylation sites (tertiary alicyclic amines) is 1. The van der Waals surface area contributed by atoms with Crippen LogP contribution in [0.15, 0.2) is 0 Å². The van der Waals surface area contributed by atoms with E-state index in [1.54, 1.807) is 0 Å². The Morgan fingerprint density at radius 3 is 3.00 bits per heavy atom. The number of nitrogens with one attached hydrogen (secondary N) is 1. The summed E-state index contributed by atoms with van der Waals surface area (Å²) in [6.45, 7) is 7.83. The van der Waals surface area contributed by atoms with E-state index in [4.69, 9.17) is 0 Å². The van der Waals surface area contributed by atoms with Crippen molar-refractivity contribution in [2.24, 2.45) is 5.92 Å². The van der Waals surface area contributed by atoms with E-state index < -0.39 is 0 Å². The Morgan fingerprint density at radius 1 is 1.56 bits per heavy atom. The van der Waals surface area contributed by atoms with Crippen LogP contribution in [0.3, 0.4) is 0 Å². The summed E-state index contributed by atoms with van der Waals surface area (Å²) in [7, 11) is 0. The first-order chi connectivity index (χ1) is 8.61. The zero-order chi connectivity index (χ0) is 13.4. The van der Waals surface area contributed by atoms with Crippen LogP contribution in [0.2, 0.25) is 0 Å². The topological polar surface area (TPSA) is 52.6 Å². The highest BCUT2D eigenvalue weighted by Gasteiger charge is 2.20. The van der Waals surface area contributed by atoms with Crippen molar-refractivity contribution in [3.8, 4) is 0 Å². The number of piperidine rings is 1. The van der Waals surface area contributed by atoms with Crippen LogP contribution >= 0.6 is 0 Å². The molecular weight excluding hydrogens is 228 g/mol. The molecule has 2 unspecified atom stereocenters. The lowest BCUT2D eigenvalue weighted by molar-refractivity contribution is -0.121. The van der Waals surface area contributed by atoms with Crippen LogP contribution in [0.1, 0.15) is 46.0 Å². The molecule has 1 amide bonds. The van der Waals surface area contributed by atoms with Gasteiger partial charge in [-0.05, 0) is 45.1 Å². The molecule has 106 valence electrons. The molecule has 4 nitrogen and oxygen atoms in total. The standard InChI is InChI=1S/C14H28N2O2/c1-3-5-14(18)15-10-13-6-4-8-16(11-13)9-7-12(2)17/h12-13,17H,3-11H2,1-2H3,(H,15,18). The Balaban J connectivity index is 2.20. The van der Waals surface area contributed by atoms with Crippen molar-refractivity contribution in [3.63, 3.8) is 0 Å². The van der Waals surface area contributed by atoms with Gasteiger partial charge >= 0.3 is 0 Å². The van der Waals surface area contributed by atoms with E-state index >= 15 is 0 Å². The zero-order valence-electron chi connectivity index (χ0n) is 11.8. The number of nitrogens with zero attached hydrogens (tertiary/aromatic N) is 1. The number of hydrogen-bond acceptors (Lipinski definition) is 3. The van der Waals surface area contributed by atoms with Gasteiger partial charge in [0.25, 0.3) is 0 Å². The van der Waals surface area contributed by atoms with Gasteiger partial charge in [-0.25, -0.2) is 0 Å². The Kier molecular flexibility index (Phi) is 7.28. The van der Waals surface area contributed by atoms with Crippen LogP contribution in [0.4, 0.5) is 0 Å². The predicted molar refractivity (Wildman–Crippen MR) is 73.4 cm³/mol. The minimum atomic E-state index is -0.213. The van der Waals surface area contributed by atoms with E-state index in [0.717, 1.165) is 39.0 Å². The van der Waals surface area contributed by atoms with Crippen molar-refractivity contribution >= 4 is 5.91 Å². The summed E-state index contributed by atoms with van der Waals surface area (Å²) >= 11 is 0. The van der Waals surface area contributed by atoms with E-state index in [-0.39, 0.29) is 12.0 Å². The summed E-state index contributed by atoms with van der Waals surface area (Å²) in [6.07, 6.45) is 4.59. The molecule has 0 saturated carbocycles. The van der Waals surface area contributed by atoms with Crippen LogP contribution in [0, 0.1) is 5.92 Å². The number of carbonyl (C=O) groups excluding carboxylic acids is 1. The molecule has 1 aliphatic heterocycles. The molecule has 0 aromatic rings. The van der Waals surface area contributed by atoms with Gasteiger partial charge in [-0.15, -0.1) is 0 Å². The van der Waals surface area contributed by atoms with Gasteiger partial charge in [0.15, 0.2) is 0 Å². The maximum atomic E-state index is 11.4. The van der Waals surface area contributed by atoms with Gasteiger partial charge in [-0.3, -0.25) is 4.79 Å². The van der Waals surface area contributed by atoms with Gasteiger partial charge < -0.3 is 15.3 Å². The van der Waals surface area contributed by atoms with Crippen LogP contribution in [-0.2, 0) is 4.79 Å². The van der Waals surface area contributed by atoms with E-state index in [9.17, 15) is 9.90 Å². The predicted octanol–water partition coefficient (Wildman–Crippen LogP) is 1.39. The third kappa shape index (κ3) is 6.36. The Labute approximate surface area is 111 Å². The monoisotopic (exact) mass is 256 g/mol. The number of aliphatic hydroxyl groups excluding tert-OH is 1. The summed E-state index contributed by atoms with van der Waals surface area (Å²) in [5, 5.41) is 12.3. The minimum absolute atomic E-state index is 0.179. The lowest BCUT2D eigenvalue weighted by Gasteiger charge is -2.33. The maximum Gasteiger partial charge on any atom is 0.219 e. The smallest absolute Gasteiger partial charge is 0.219 e. The molecule has 1 saturated heterocycles. The molecule has 1 aliphatic rings. The fourth-order valence-corrected chi connectivity index (χ4v) is 2.46. The summed E-state index contributed by atoms with van der Waals surface area (Å²) in [5.74, 6) is 0.757. The van der Waals surface area contributed by atoms with Crippen LogP contribution in [0.5, 0.6) is 0 Å². The Bertz CT molecular complexity index is 244. The highest BCUT2D eigenvalue weighted by atomic mass is 16.3. The first-order valence-electron chi connectivity index (χ1n) is 7.29. The third-order valence-electron chi connectivity index (χ3n) is 3.53. The molecule has 1 fully saturated rings. The molecule has 0 spiro atoms. The van der Waals surface area contributed by atoms with E-state index in [1.807, 2.05) is 13.8 Å². The lowest BCUT2D eigenvalue weighted by Crippen LogP contribution is -2.41. The minimum Gasteiger partial charge on any atom is -0.393 e. The molecule has 0 aromatic heterocycles. The molecule has 0 bridgehead atoms. The SMILES string of the molecule is CCCC(=O)NCC1CCCN(CCC(C)O)C1. The second-order valence-electron chi connectivity index (χ2n) is 5.50. The fraction of sp³-hybridized carbons (Fsp3) is 0.929. The van der Waals surface area contributed by atoms with Crippen LogP contribution in [0.25, 0.3) is 0 Å². The van der Waals surface area contributed by atoms with Crippen molar-refractivity contribution in [2.45, 2.75) is 52.1 Å². The van der Waals surface area contributed by atoms with Gasteiger partial charge in [0.1, 0.15) is 0 Å². The summed E-state index contributed by atoms with van der Waals surface area (Å²) in [5.41, 5.74) is 0. The van der Waals surface area contributed by atoms with Crippen LogP contribution in [-0.4, -0.2) is 48.2 Å². The largest absolute Gasteiger partial charge is 0.393 e. The normalized spacial score (nSPS) is 22.7. The quantitative estimate of drug-likeness (QED) is 0.723. The highest BCUT2D eigenvalue weighted by Crippen LogP contribution is 2.16. The van der Waals surface area contributed by atoms with E-state index in [2.05, 4.69) is 10.2 Å². The number of hydrogen-bond donors (Lipinski definition) is 2. The molecule has 2 N–H and O–H groups in total. The van der Waals surface area contributed by atoms with Crippen molar-refractivity contribution in [1.82, 2.24) is 10.2 Å². The molecule has 1 rings (SSSR count). The van der Waals surface area contributed by atoms with Crippen molar-refractivity contribution < 1.29 is 9.90 Å². The van der Waals surface area contributed by atoms with Gasteiger partial charge in [0.05, 0.1) is 6.10 Å². The van der Waals surface area contributed by atoms with Gasteiger partial charge in [0, 0.05) is 26.1 Å². The number of aliphatic hydroxyl groups is 1. The molecule has 18 heavy (non-hydrogen) atoms. The second kappa shape index (κ2) is 8.48. The molecular formula is C14H28N2O2. The molecule has 0 radical (unpaired) electrons. The molecule has 0 aliphatic carbocycles. The number of rotatable bonds is 7. The number of amides is 1. The number of carbonyl (C=O) groups is 1. The van der Waals surface area contributed by atoms with E-state index in [1.165, 1.54) is 12.8 Å². The summed E-state index contributed by atoms with van der Waals surface area (Å²) < 4.78 is 0. The second-order valence-corrected chi connectivity index (χ2v) is 5.50. The molecule has 2 atom stereocenters. The average molecular weight is 256 g/mol. The first kappa shape index (κ1) is 15.4. The van der Waals surface area contributed by atoms with Crippen LogP contribution < -0.4 is 5.32 Å². The zero-order valence-corrected chi connectivity index (χ0v) is 11.8. The molecule has 0 aromatic carbocycles. The van der Waals surface area contributed by atoms with Crippen molar-refractivity contribution in [2.75, 3.05) is 26.2 Å². The average Bonchev–Trinajstić information content (AvgIpc) is 2.35. The van der Waals surface area contributed by atoms with Crippen molar-refractivity contribution in [1.29, 1.82) is 0 Å². The van der Waals surface area contributed by atoms with Gasteiger partial charge in [0.2, 0.25) is 5.91 Å². The summed E-state index contributed by atoms with van der Waals surface area (Å²) in [4.78, 5) is 13.8. The summed E-state index contributed by atoms with van der Waals surface area (Å²) in [6, 6.07) is 0. The maximum absolute atomic E-state index is 11.4. The Morgan fingerprint density at radius 2 is 2.33 bits per heavy atom. The Hall–Kier alpha value is -0.610. The fourth-order valence-electron chi connectivity index (χ4n) is 2.46. The molecule has 4 heteroatoms.